The highest BCUT2D eigenvalue weighted by Crippen LogP contribution is 2.35. The molecule has 4 aromatic carbocycles. The second-order valence-corrected chi connectivity index (χ2v) is 6.02. The van der Waals surface area contributed by atoms with Crippen LogP contribution in [0.3, 0.4) is 0 Å². The summed E-state index contributed by atoms with van der Waals surface area (Å²) in [7, 11) is 0. The molecule has 0 N–H and O–H groups in total. The monoisotopic (exact) mass is 314 g/mol. The third kappa shape index (κ3) is 2.41. The third-order valence-corrected chi connectivity index (χ3v) is 4.42. The standard InChI is InChI=1S/C22H18O2/c1-2-6-22(23)24-21-10-5-9-17-19-12-11-15-7-3-4-8-16(15)18(19)13-14-20(17)21/h3-5,7-14H,2,6H2,1H3. The molecule has 0 spiro atoms. The number of rotatable bonds is 3. The molecule has 0 radical (unpaired) electrons. The number of hydrogen-bond donors (Lipinski definition) is 0. The number of carbonyl (C=O) groups excluding carboxylic acids is 1. The largest absolute Gasteiger partial charge is 0.426 e. The maximum atomic E-state index is 11.9. The van der Waals surface area contributed by atoms with E-state index in [4.69, 9.17) is 4.74 Å². The van der Waals surface area contributed by atoms with Gasteiger partial charge in [0.2, 0.25) is 0 Å². The smallest absolute Gasteiger partial charge is 0.311 e. The lowest BCUT2D eigenvalue weighted by Gasteiger charge is -2.11. The van der Waals surface area contributed by atoms with Crippen LogP contribution in [0.25, 0.3) is 32.3 Å². The zero-order valence-electron chi connectivity index (χ0n) is 13.6. The fourth-order valence-corrected chi connectivity index (χ4v) is 3.29. The van der Waals surface area contributed by atoms with Gasteiger partial charge in [0.25, 0.3) is 0 Å². The number of benzene rings is 4. The second-order valence-electron chi connectivity index (χ2n) is 6.02. The van der Waals surface area contributed by atoms with Gasteiger partial charge in [-0.1, -0.05) is 61.5 Å². The molecular formula is C22H18O2. The molecule has 118 valence electrons. The van der Waals surface area contributed by atoms with E-state index in [1.165, 1.54) is 21.5 Å². The minimum atomic E-state index is -0.177. The summed E-state index contributed by atoms with van der Waals surface area (Å²) < 4.78 is 5.57. The first kappa shape index (κ1) is 14.7. The number of ether oxygens (including phenoxy) is 1. The number of fused-ring (bicyclic) bond motifs is 5. The molecule has 0 heterocycles. The predicted molar refractivity (Wildman–Crippen MR) is 99.5 cm³/mol. The Labute approximate surface area is 140 Å². The van der Waals surface area contributed by atoms with Gasteiger partial charge in [-0.25, -0.2) is 0 Å². The van der Waals surface area contributed by atoms with Crippen molar-refractivity contribution >= 4 is 38.3 Å². The minimum absolute atomic E-state index is 0.177. The van der Waals surface area contributed by atoms with Gasteiger partial charge < -0.3 is 4.74 Å². The fourth-order valence-electron chi connectivity index (χ4n) is 3.29. The zero-order chi connectivity index (χ0) is 16.5. The molecule has 4 rings (SSSR count). The van der Waals surface area contributed by atoms with Crippen molar-refractivity contribution in [2.45, 2.75) is 19.8 Å². The maximum absolute atomic E-state index is 11.9. The van der Waals surface area contributed by atoms with Crippen LogP contribution in [0.5, 0.6) is 5.75 Å². The Hall–Kier alpha value is -2.87. The summed E-state index contributed by atoms with van der Waals surface area (Å²) in [6.07, 6.45) is 1.23. The van der Waals surface area contributed by atoms with Crippen LogP contribution in [0.15, 0.2) is 66.7 Å². The summed E-state index contributed by atoms with van der Waals surface area (Å²) in [4.78, 5) is 11.9. The van der Waals surface area contributed by atoms with Crippen LogP contribution >= 0.6 is 0 Å². The SMILES string of the molecule is CCCC(=O)Oc1cccc2c1ccc1c3ccccc3ccc21. The molecule has 0 fully saturated rings. The number of hydrogen-bond acceptors (Lipinski definition) is 2. The highest BCUT2D eigenvalue weighted by atomic mass is 16.5. The molecule has 0 bridgehead atoms. The Balaban J connectivity index is 1.95. The molecule has 0 aliphatic heterocycles. The van der Waals surface area contributed by atoms with E-state index in [9.17, 15) is 4.79 Å². The summed E-state index contributed by atoms with van der Waals surface area (Å²) in [6, 6.07) is 22.8. The van der Waals surface area contributed by atoms with Crippen LogP contribution in [0.1, 0.15) is 19.8 Å². The molecule has 0 saturated carbocycles. The Morgan fingerprint density at radius 3 is 2.29 bits per heavy atom. The highest BCUT2D eigenvalue weighted by Gasteiger charge is 2.10. The summed E-state index contributed by atoms with van der Waals surface area (Å²) in [6.45, 7) is 1.98. The van der Waals surface area contributed by atoms with Gasteiger partial charge in [-0.2, -0.15) is 0 Å². The predicted octanol–water partition coefficient (Wildman–Crippen LogP) is 5.85. The quantitative estimate of drug-likeness (QED) is 0.269. The van der Waals surface area contributed by atoms with Crippen LogP contribution in [-0.4, -0.2) is 5.97 Å². The molecule has 24 heavy (non-hydrogen) atoms. The average molecular weight is 314 g/mol. The van der Waals surface area contributed by atoms with E-state index in [0.717, 1.165) is 17.2 Å². The van der Waals surface area contributed by atoms with Gasteiger partial charge >= 0.3 is 5.97 Å². The summed E-state index contributed by atoms with van der Waals surface area (Å²) in [5, 5.41) is 6.96. The molecule has 2 heteroatoms. The first-order valence-corrected chi connectivity index (χ1v) is 8.32. The van der Waals surface area contributed by atoms with Crippen molar-refractivity contribution in [1.82, 2.24) is 0 Å². The molecule has 2 nitrogen and oxygen atoms in total. The van der Waals surface area contributed by atoms with Gasteiger partial charge in [-0.05, 0) is 45.5 Å². The molecule has 4 aromatic rings. The first-order chi connectivity index (χ1) is 11.8. The Morgan fingerprint density at radius 2 is 1.42 bits per heavy atom. The molecule has 0 aromatic heterocycles. The lowest BCUT2D eigenvalue weighted by molar-refractivity contribution is -0.134. The number of carbonyl (C=O) groups is 1. The van der Waals surface area contributed by atoms with Crippen molar-refractivity contribution in [2.24, 2.45) is 0 Å². The molecule has 0 atom stereocenters. The lowest BCUT2D eigenvalue weighted by Crippen LogP contribution is -2.07. The van der Waals surface area contributed by atoms with E-state index in [0.29, 0.717) is 12.2 Å². The molecule has 0 aliphatic rings. The van der Waals surface area contributed by atoms with Crippen LogP contribution in [0, 0.1) is 0 Å². The summed E-state index contributed by atoms with van der Waals surface area (Å²) in [5.41, 5.74) is 0. The van der Waals surface area contributed by atoms with Crippen LogP contribution in [-0.2, 0) is 4.79 Å². The summed E-state index contributed by atoms with van der Waals surface area (Å²) in [5.74, 6) is 0.463. The second kappa shape index (κ2) is 5.97. The van der Waals surface area contributed by atoms with Gasteiger partial charge in [0.1, 0.15) is 5.75 Å². The van der Waals surface area contributed by atoms with Gasteiger partial charge in [-0.15, -0.1) is 0 Å². The Morgan fingerprint density at radius 1 is 0.750 bits per heavy atom. The van der Waals surface area contributed by atoms with Crippen molar-refractivity contribution in [3.8, 4) is 5.75 Å². The Bertz CT molecular complexity index is 1060. The number of esters is 1. The van der Waals surface area contributed by atoms with E-state index >= 15 is 0 Å². The van der Waals surface area contributed by atoms with E-state index in [2.05, 4.69) is 54.6 Å². The molecule has 0 saturated heterocycles. The highest BCUT2D eigenvalue weighted by molar-refractivity contribution is 6.18. The van der Waals surface area contributed by atoms with Gasteiger partial charge in [-0.3, -0.25) is 4.79 Å². The van der Waals surface area contributed by atoms with Crippen molar-refractivity contribution in [3.63, 3.8) is 0 Å². The topological polar surface area (TPSA) is 26.3 Å². The van der Waals surface area contributed by atoms with Gasteiger partial charge in [0, 0.05) is 11.8 Å². The van der Waals surface area contributed by atoms with Crippen LogP contribution in [0.4, 0.5) is 0 Å². The van der Waals surface area contributed by atoms with E-state index in [-0.39, 0.29) is 5.97 Å². The first-order valence-electron chi connectivity index (χ1n) is 8.32. The van der Waals surface area contributed by atoms with Gasteiger partial charge in [0.05, 0.1) is 0 Å². The zero-order valence-corrected chi connectivity index (χ0v) is 13.6. The molecule has 0 aliphatic carbocycles. The maximum Gasteiger partial charge on any atom is 0.311 e. The minimum Gasteiger partial charge on any atom is -0.426 e. The molecule has 0 amide bonds. The van der Waals surface area contributed by atoms with E-state index < -0.39 is 0 Å². The summed E-state index contributed by atoms with van der Waals surface area (Å²) >= 11 is 0. The third-order valence-electron chi connectivity index (χ3n) is 4.42. The van der Waals surface area contributed by atoms with Crippen molar-refractivity contribution in [1.29, 1.82) is 0 Å². The van der Waals surface area contributed by atoms with E-state index in [1.54, 1.807) is 0 Å². The average Bonchev–Trinajstić information content (AvgIpc) is 2.61. The van der Waals surface area contributed by atoms with E-state index in [1.807, 2.05) is 19.1 Å². The van der Waals surface area contributed by atoms with Gasteiger partial charge in [0.15, 0.2) is 0 Å². The van der Waals surface area contributed by atoms with Crippen molar-refractivity contribution in [3.05, 3.63) is 66.7 Å². The normalized spacial score (nSPS) is 11.2. The Kier molecular flexibility index (Phi) is 3.66. The van der Waals surface area contributed by atoms with Crippen molar-refractivity contribution in [2.75, 3.05) is 0 Å². The van der Waals surface area contributed by atoms with Crippen molar-refractivity contribution < 1.29 is 9.53 Å². The van der Waals surface area contributed by atoms with Crippen LogP contribution < -0.4 is 4.74 Å². The fraction of sp³-hybridized carbons (Fsp3) is 0.136. The molecule has 0 unspecified atom stereocenters. The van der Waals surface area contributed by atoms with Crippen LogP contribution in [0.2, 0.25) is 0 Å². The lowest BCUT2D eigenvalue weighted by atomic mass is 9.97. The molecular weight excluding hydrogens is 296 g/mol.